The van der Waals surface area contributed by atoms with E-state index < -0.39 is 14.2 Å². The smallest absolute Gasteiger partial charge is 0.260 e. The zero-order valence-corrected chi connectivity index (χ0v) is 20.5. The summed E-state index contributed by atoms with van der Waals surface area (Å²) in [7, 11) is -1.84. The van der Waals surface area contributed by atoms with Gasteiger partial charge in [-0.1, -0.05) is 32.9 Å². The van der Waals surface area contributed by atoms with Crippen molar-refractivity contribution in [2.24, 2.45) is 0 Å². The second-order valence-corrected chi connectivity index (χ2v) is 14.9. The molecule has 1 saturated heterocycles. The van der Waals surface area contributed by atoms with E-state index in [1.807, 2.05) is 41.3 Å². The molecular formula is C25H36F2N2OSi. The first-order valence-electron chi connectivity index (χ1n) is 11.2. The first-order valence-corrected chi connectivity index (χ1v) is 14.1. The Bertz CT molecular complexity index is 845. The highest BCUT2D eigenvalue weighted by molar-refractivity contribution is 6.74. The van der Waals surface area contributed by atoms with E-state index in [4.69, 9.17) is 4.43 Å². The Morgan fingerprint density at radius 1 is 1.00 bits per heavy atom. The van der Waals surface area contributed by atoms with Crippen LogP contribution in [0.4, 0.5) is 20.2 Å². The first-order chi connectivity index (χ1) is 14.4. The monoisotopic (exact) mass is 446 g/mol. The largest absolute Gasteiger partial charge is 0.544 e. The van der Waals surface area contributed by atoms with Crippen LogP contribution in [0.15, 0.2) is 48.5 Å². The lowest BCUT2D eigenvalue weighted by atomic mass is 10.1. The molecule has 1 aliphatic heterocycles. The van der Waals surface area contributed by atoms with Crippen LogP contribution in [0.3, 0.4) is 0 Å². The highest BCUT2D eigenvalue weighted by atomic mass is 28.4. The van der Waals surface area contributed by atoms with Crippen LogP contribution in [0.1, 0.15) is 39.2 Å². The topological polar surface area (TPSA) is 24.5 Å². The lowest BCUT2D eigenvalue weighted by Crippen LogP contribution is -2.43. The number of anilines is 2. The standard InChI is InChI=1S/C25H36F2N2OSi/c1-24(2,3)31(4,5)30-23-13-11-22(12-14-23)28-21-9-7-20(8-10-21)15-18-29-17-6-16-25(26,27)19-29/h7-14,28H,6,15-19H2,1-5H3. The summed E-state index contributed by atoms with van der Waals surface area (Å²) >= 11 is 0. The molecular weight excluding hydrogens is 410 g/mol. The van der Waals surface area contributed by atoms with Crippen LogP contribution in [0, 0.1) is 0 Å². The lowest BCUT2D eigenvalue weighted by Gasteiger charge is -2.36. The fourth-order valence-corrected chi connectivity index (χ4v) is 4.53. The van der Waals surface area contributed by atoms with E-state index in [1.54, 1.807) is 0 Å². The Labute approximate surface area is 186 Å². The summed E-state index contributed by atoms with van der Waals surface area (Å²) in [4.78, 5) is 1.88. The molecule has 170 valence electrons. The summed E-state index contributed by atoms with van der Waals surface area (Å²) in [5, 5.41) is 3.58. The molecule has 0 spiro atoms. The number of nitrogens with zero attached hydrogens (tertiary/aromatic N) is 1. The van der Waals surface area contributed by atoms with Gasteiger partial charge in [-0.25, -0.2) is 8.78 Å². The zero-order chi connectivity index (χ0) is 22.7. The zero-order valence-electron chi connectivity index (χ0n) is 19.5. The first kappa shape index (κ1) is 23.7. The van der Waals surface area contributed by atoms with E-state index in [2.05, 4.69) is 51.3 Å². The van der Waals surface area contributed by atoms with Gasteiger partial charge in [0.2, 0.25) is 8.32 Å². The quantitative estimate of drug-likeness (QED) is 0.460. The summed E-state index contributed by atoms with van der Waals surface area (Å²) < 4.78 is 33.4. The van der Waals surface area contributed by atoms with Gasteiger partial charge < -0.3 is 9.74 Å². The van der Waals surface area contributed by atoms with E-state index in [-0.39, 0.29) is 18.0 Å². The minimum absolute atomic E-state index is 0.0211. The van der Waals surface area contributed by atoms with Crippen molar-refractivity contribution in [3.63, 3.8) is 0 Å². The van der Waals surface area contributed by atoms with Crippen LogP contribution >= 0.6 is 0 Å². The summed E-state index contributed by atoms with van der Waals surface area (Å²) in [6.45, 7) is 12.5. The number of alkyl halides is 2. The van der Waals surface area contributed by atoms with Crippen molar-refractivity contribution in [3.8, 4) is 5.75 Å². The fraction of sp³-hybridized carbons (Fsp3) is 0.520. The molecule has 1 heterocycles. The average molecular weight is 447 g/mol. The van der Waals surface area contributed by atoms with Gasteiger partial charge in [-0.05, 0) is 79.5 Å². The Morgan fingerprint density at radius 2 is 1.58 bits per heavy atom. The minimum Gasteiger partial charge on any atom is -0.544 e. The minimum atomic E-state index is -2.53. The molecule has 2 aromatic rings. The maximum atomic E-state index is 13.5. The van der Waals surface area contributed by atoms with Crippen LogP contribution in [0.2, 0.25) is 18.1 Å². The maximum absolute atomic E-state index is 13.5. The van der Waals surface area contributed by atoms with Gasteiger partial charge in [0, 0.05) is 24.3 Å². The molecule has 0 radical (unpaired) electrons. The van der Waals surface area contributed by atoms with Crippen LogP contribution in [-0.2, 0) is 6.42 Å². The Kier molecular flexibility index (Phi) is 7.11. The molecule has 0 bridgehead atoms. The van der Waals surface area contributed by atoms with E-state index in [0.29, 0.717) is 13.0 Å². The van der Waals surface area contributed by atoms with Crippen molar-refractivity contribution in [2.45, 2.75) is 64.1 Å². The molecule has 0 unspecified atom stereocenters. The molecule has 3 nitrogen and oxygen atoms in total. The van der Waals surface area contributed by atoms with E-state index in [1.165, 1.54) is 0 Å². The Hall–Kier alpha value is -1.92. The van der Waals surface area contributed by atoms with E-state index in [0.717, 1.165) is 35.7 Å². The summed E-state index contributed by atoms with van der Waals surface area (Å²) in [6, 6.07) is 16.3. The Morgan fingerprint density at radius 3 is 2.13 bits per heavy atom. The van der Waals surface area contributed by atoms with Crippen LogP contribution in [0.25, 0.3) is 0 Å². The van der Waals surface area contributed by atoms with Crippen LogP contribution in [-0.4, -0.2) is 38.8 Å². The highest BCUT2D eigenvalue weighted by Crippen LogP contribution is 2.37. The molecule has 0 aromatic heterocycles. The number of rotatable bonds is 7. The highest BCUT2D eigenvalue weighted by Gasteiger charge is 2.39. The second-order valence-electron chi connectivity index (χ2n) is 10.2. The summed E-state index contributed by atoms with van der Waals surface area (Å²) in [5.41, 5.74) is 3.18. The number of hydrogen-bond donors (Lipinski definition) is 1. The van der Waals surface area contributed by atoms with Gasteiger partial charge in [0.05, 0.1) is 6.54 Å². The molecule has 1 N–H and O–H groups in total. The normalized spacial score (nSPS) is 17.4. The SMILES string of the molecule is CC(C)(C)[Si](C)(C)Oc1ccc(Nc2ccc(CCN3CCCC(F)(F)C3)cc2)cc1. The lowest BCUT2D eigenvalue weighted by molar-refractivity contribution is -0.0635. The molecule has 6 heteroatoms. The number of nitrogens with one attached hydrogen (secondary N) is 1. The van der Waals surface area contributed by atoms with Gasteiger partial charge in [-0.2, -0.15) is 0 Å². The van der Waals surface area contributed by atoms with E-state index in [9.17, 15) is 8.78 Å². The third-order valence-corrected chi connectivity index (χ3v) is 10.8. The molecule has 2 aromatic carbocycles. The summed E-state index contributed by atoms with van der Waals surface area (Å²) in [5.74, 6) is -1.62. The number of halogens is 2. The van der Waals surface area contributed by atoms with Gasteiger partial charge in [0.15, 0.2) is 0 Å². The fourth-order valence-electron chi connectivity index (χ4n) is 3.50. The van der Waals surface area contributed by atoms with Crippen molar-refractivity contribution >= 4 is 19.7 Å². The van der Waals surface area contributed by atoms with Crippen molar-refractivity contribution in [2.75, 3.05) is 25.0 Å². The van der Waals surface area contributed by atoms with Crippen LogP contribution < -0.4 is 9.74 Å². The number of piperidine rings is 1. The molecule has 3 rings (SSSR count). The van der Waals surface area contributed by atoms with Gasteiger partial charge in [-0.3, -0.25) is 4.90 Å². The van der Waals surface area contributed by atoms with Crippen LogP contribution in [0.5, 0.6) is 5.75 Å². The number of benzene rings is 2. The van der Waals surface area contributed by atoms with E-state index >= 15 is 0 Å². The molecule has 0 atom stereocenters. The molecule has 1 fully saturated rings. The summed E-state index contributed by atoms with van der Waals surface area (Å²) in [6.07, 6.45) is 1.39. The maximum Gasteiger partial charge on any atom is 0.260 e. The second kappa shape index (κ2) is 9.29. The molecule has 0 saturated carbocycles. The van der Waals surface area contributed by atoms with Gasteiger partial charge in [-0.15, -0.1) is 0 Å². The van der Waals surface area contributed by atoms with Crippen molar-refractivity contribution in [3.05, 3.63) is 54.1 Å². The molecule has 0 aliphatic carbocycles. The van der Waals surface area contributed by atoms with Gasteiger partial charge in [0.25, 0.3) is 5.92 Å². The number of hydrogen-bond acceptors (Lipinski definition) is 3. The molecule has 31 heavy (non-hydrogen) atoms. The molecule has 1 aliphatic rings. The third-order valence-electron chi connectivity index (χ3n) is 6.46. The predicted molar refractivity (Wildman–Crippen MR) is 128 cm³/mol. The Balaban J connectivity index is 1.51. The van der Waals surface area contributed by atoms with Crippen molar-refractivity contribution < 1.29 is 13.2 Å². The molecule has 0 amide bonds. The van der Waals surface area contributed by atoms with Crippen molar-refractivity contribution in [1.82, 2.24) is 4.90 Å². The third kappa shape index (κ3) is 6.78. The number of likely N-dealkylation sites (tertiary alicyclic amines) is 1. The average Bonchev–Trinajstić information content (AvgIpc) is 2.67. The van der Waals surface area contributed by atoms with Gasteiger partial charge in [0.1, 0.15) is 5.75 Å². The van der Waals surface area contributed by atoms with Gasteiger partial charge >= 0.3 is 0 Å². The predicted octanol–water partition coefficient (Wildman–Crippen LogP) is 7.09. The van der Waals surface area contributed by atoms with Crippen molar-refractivity contribution in [1.29, 1.82) is 0 Å².